The fourth-order valence-corrected chi connectivity index (χ4v) is 4.97. The Kier molecular flexibility index (Phi) is 8.09. The number of urea groups is 1. The van der Waals surface area contributed by atoms with E-state index >= 15 is 0 Å². The van der Waals surface area contributed by atoms with Crippen LogP contribution in [0.15, 0.2) is 54.6 Å². The largest absolute Gasteiger partial charge is 0.459 e. The summed E-state index contributed by atoms with van der Waals surface area (Å²) in [6, 6.07) is 16.4. The number of hydrogen-bond donors (Lipinski definition) is 1. The third-order valence-electron chi connectivity index (χ3n) is 7.02. The molecule has 1 heterocycles. The van der Waals surface area contributed by atoms with Gasteiger partial charge in [-0.2, -0.15) is 0 Å². The van der Waals surface area contributed by atoms with E-state index in [1.54, 1.807) is 4.90 Å². The van der Waals surface area contributed by atoms with E-state index in [1.807, 2.05) is 54.6 Å². The van der Waals surface area contributed by atoms with Crippen LogP contribution >= 0.6 is 0 Å². The van der Waals surface area contributed by atoms with E-state index in [2.05, 4.69) is 12.2 Å². The molecule has 182 valence electrons. The van der Waals surface area contributed by atoms with Gasteiger partial charge < -0.3 is 19.7 Å². The van der Waals surface area contributed by atoms with Crippen molar-refractivity contribution in [3.8, 4) is 11.5 Å². The molecule has 2 aromatic carbocycles. The van der Waals surface area contributed by atoms with E-state index in [0.29, 0.717) is 25.3 Å². The number of carbonyl (C=O) groups excluding carboxylic acids is 2. The van der Waals surface area contributed by atoms with E-state index in [0.717, 1.165) is 37.0 Å². The summed E-state index contributed by atoms with van der Waals surface area (Å²) in [5.41, 5.74) is 1.01. The van der Waals surface area contributed by atoms with Gasteiger partial charge in [-0.1, -0.05) is 56.5 Å². The molecule has 0 radical (unpaired) electrons. The highest BCUT2D eigenvalue weighted by molar-refractivity contribution is 5.84. The minimum absolute atomic E-state index is 0.147. The van der Waals surface area contributed by atoms with Crippen LogP contribution in [-0.2, 0) is 16.1 Å². The predicted molar refractivity (Wildman–Crippen MR) is 132 cm³/mol. The number of nitrogens with one attached hydrogen (secondary N) is 1. The summed E-state index contributed by atoms with van der Waals surface area (Å²) in [6.45, 7) is 3.65. The smallest absolute Gasteiger partial charge is 0.329 e. The van der Waals surface area contributed by atoms with Crippen molar-refractivity contribution in [3.05, 3.63) is 60.2 Å². The summed E-state index contributed by atoms with van der Waals surface area (Å²) < 4.78 is 11.5. The van der Waals surface area contributed by atoms with Crippen LogP contribution in [0.3, 0.4) is 0 Å². The summed E-state index contributed by atoms with van der Waals surface area (Å²) in [5, 5.41) is 3.11. The molecule has 2 aromatic rings. The Bertz CT molecular complexity index is 956. The molecule has 1 aliphatic carbocycles. The molecule has 0 spiro atoms. The van der Waals surface area contributed by atoms with Gasteiger partial charge in [0.1, 0.15) is 24.1 Å². The Labute approximate surface area is 202 Å². The zero-order chi connectivity index (χ0) is 23.8. The Morgan fingerprint density at radius 1 is 0.971 bits per heavy atom. The average molecular weight is 465 g/mol. The Morgan fingerprint density at radius 3 is 2.53 bits per heavy atom. The van der Waals surface area contributed by atoms with E-state index < -0.39 is 6.04 Å². The molecule has 2 aliphatic rings. The number of amides is 2. The third-order valence-corrected chi connectivity index (χ3v) is 7.02. The van der Waals surface area contributed by atoms with Crippen LogP contribution in [-0.4, -0.2) is 36.0 Å². The summed E-state index contributed by atoms with van der Waals surface area (Å²) in [6.07, 6.45) is 8.49. The average Bonchev–Trinajstić information content (AvgIpc) is 2.87. The molecule has 0 bridgehead atoms. The van der Waals surface area contributed by atoms with Gasteiger partial charge in [0.25, 0.3) is 0 Å². The van der Waals surface area contributed by atoms with Gasteiger partial charge in [0.15, 0.2) is 0 Å². The van der Waals surface area contributed by atoms with Gasteiger partial charge in [-0.3, -0.25) is 0 Å². The molecule has 1 saturated carbocycles. The Hall–Kier alpha value is -3.02. The molecule has 4 rings (SSSR count). The molecular formula is C28H36N2O4. The van der Waals surface area contributed by atoms with Gasteiger partial charge in [0, 0.05) is 13.1 Å². The van der Waals surface area contributed by atoms with Crippen molar-refractivity contribution in [1.29, 1.82) is 0 Å². The predicted octanol–water partition coefficient (Wildman–Crippen LogP) is 6.06. The summed E-state index contributed by atoms with van der Waals surface area (Å²) in [7, 11) is 0. The number of benzene rings is 2. The number of para-hydroxylation sites is 1. The lowest BCUT2D eigenvalue weighted by Crippen LogP contribution is -2.53. The summed E-state index contributed by atoms with van der Waals surface area (Å²) >= 11 is 0. The molecule has 0 aromatic heterocycles. The number of piperidine rings is 1. The normalized spacial score (nSPS) is 19.8. The number of hydrogen-bond acceptors (Lipinski definition) is 4. The lowest BCUT2D eigenvalue weighted by atomic mass is 9.76. The van der Waals surface area contributed by atoms with Gasteiger partial charge in [0.05, 0.1) is 0 Å². The van der Waals surface area contributed by atoms with Gasteiger partial charge >= 0.3 is 12.0 Å². The first kappa shape index (κ1) is 24.1. The molecule has 1 atom stereocenters. The van der Waals surface area contributed by atoms with E-state index in [-0.39, 0.29) is 24.0 Å². The summed E-state index contributed by atoms with van der Waals surface area (Å²) in [5.74, 6) is 1.10. The highest BCUT2D eigenvalue weighted by atomic mass is 16.5. The molecule has 2 fully saturated rings. The number of carbonyl (C=O) groups is 2. The molecule has 1 saturated heterocycles. The van der Waals surface area contributed by atoms with Crippen molar-refractivity contribution in [1.82, 2.24) is 10.2 Å². The third kappa shape index (κ3) is 6.52. The van der Waals surface area contributed by atoms with E-state index in [1.165, 1.54) is 19.3 Å². The zero-order valence-electron chi connectivity index (χ0n) is 20.1. The van der Waals surface area contributed by atoms with Gasteiger partial charge in [-0.25, -0.2) is 9.59 Å². The highest BCUT2D eigenvalue weighted by Crippen LogP contribution is 2.35. The number of likely N-dealkylation sites (tertiary alicyclic amines) is 1. The molecule has 6 heteroatoms. The fourth-order valence-electron chi connectivity index (χ4n) is 4.97. The van der Waals surface area contributed by atoms with Gasteiger partial charge in [-0.15, -0.1) is 0 Å². The quantitative estimate of drug-likeness (QED) is 0.506. The first-order valence-corrected chi connectivity index (χ1v) is 12.6. The molecule has 1 N–H and O–H groups in total. The van der Waals surface area contributed by atoms with Gasteiger partial charge in [0.2, 0.25) is 0 Å². The first-order chi connectivity index (χ1) is 16.5. The minimum atomic E-state index is -0.531. The maximum absolute atomic E-state index is 13.0. The number of nitrogens with zero attached hydrogens (tertiary/aromatic N) is 1. The molecule has 0 unspecified atom stereocenters. The van der Waals surface area contributed by atoms with Crippen molar-refractivity contribution in [2.24, 2.45) is 5.41 Å². The number of ether oxygens (including phenoxy) is 2. The minimum Gasteiger partial charge on any atom is -0.459 e. The van der Waals surface area contributed by atoms with Crippen molar-refractivity contribution >= 4 is 12.0 Å². The topological polar surface area (TPSA) is 67.9 Å². The molecular weight excluding hydrogens is 428 g/mol. The van der Waals surface area contributed by atoms with Crippen molar-refractivity contribution in [2.75, 3.05) is 13.1 Å². The van der Waals surface area contributed by atoms with Crippen molar-refractivity contribution in [2.45, 2.75) is 70.9 Å². The standard InChI is InChI=1S/C28H36N2O4/c1-28(16-7-3-8-17-28)21-29-27(32)30-18-9-6-15-25(30)26(31)33-20-22-11-10-14-24(19-22)34-23-12-4-2-5-13-23/h2,4-5,10-14,19,25H,3,6-9,15-18,20-21H2,1H3,(H,29,32)/t25-/m0/s1. The second-order valence-electron chi connectivity index (χ2n) is 9.91. The fraction of sp³-hybridized carbons (Fsp3) is 0.500. The Balaban J connectivity index is 1.31. The maximum atomic E-state index is 13.0. The van der Waals surface area contributed by atoms with Crippen molar-refractivity contribution in [3.63, 3.8) is 0 Å². The Morgan fingerprint density at radius 2 is 1.74 bits per heavy atom. The lowest BCUT2D eigenvalue weighted by molar-refractivity contribution is -0.151. The summed E-state index contributed by atoms with van der Waals surface area (Å²) in [4.78, 5) is 27.6. The zero-order valence-corrected chi connectivity index (χ0v) is 20.1. The van der Waals surface area contributed by atoms with Crippen molar-refractivity contribution < 1.29 is 19.1 Å². The van der Waals surface area contributed by atoms with Crippen LogP contribution in [0.1, 0.15) is 63.9 Å². The second-order valence-corrected chi connectivity index (χ2v) is 9.91. The van der Waals surface area contributed by atoms with E-state index in [9.17, 15) is 9.59 Å². The van der Waals surface area contributed by atoms with Crippen LogP contribution in [0, 0.1) is 5.41 Å². The van der Waals surface area contributed by atoms with E-state index in [4.69, 9.17) is 9.47 Å². The van der Waals surface area contributed by atoms with Crippen LogP contribution in [0.4, 0.5) is 4.79 Å². The lowest BCUT2D eigenvalue weighted by Gasteiger charge is -2.37. The van der Waals surface area contributed by atoms with Crippen LogP contribution < -0.4 is 10.1 Å². The second kappa shape index (κ2) is 11.4. The van der Waals surface area contributed by atoms with Crippen LogP contribution in [0.5, 0.6) is 11.5 Å². The highest BCUT2D eigenvalue weighted by Gasteiger charge is 2.35. The molecule has 1 aliphatic heterocycles. The van der Waals surface area contributed by atoms with Crippen LogP contribution in [0.2, 0.25) is 0 Å². The molecule has 34 heavy (non-hydrogen) atoms. The monoisotopic (exact) mass is 464 g/mol. The molecule has 6 nitrogen and oxygen atoms in total. The number of esters is 1. The number of rotatable bonds is 7. The van der Waals surface area contributed by atoms with Crippen LogP contribution in [0.25, 0.3) is 0 Å². The SMILES string of the molecule is CC1(CNC(=O)N2CCCC[C@H]2C(=O)OCc2cccc(Oc3ccccc3)c2)CCCCC1. The molecule has 2 amide bonds. The first-order valence-electron chi connectivity index (χ1n) is 12.6. The maximum Gasteiger partial charge on any atom is 0.329 e. The van der Waals surface area contributed by atoms with Gasteiger partial charge in [-0.05, 0) is 67.3 Å².